The number of halogens is 1. The van der Waals surface area contributed by atoms with E-state index in [1.54, 1.807) is 22.5 Å². The van der Waals surface area contributed by atoms with Gasteiger partial charge in [-0.25, -0.2) is 17.8 Å². The first kappa shape index (κ1) is 22.8. The lowest BCUT2D eigenvalue weighted by Gasteiger charge is -2.35. The van der Waals surface area contributed by atoms with Crippen LogP contribution in [0.3, 0.4) is 0 Å². The van der Waals surface area contributed by atoms with E-state index in [0.717, 1.165) is 27.6 Å². The summed E-state index contributed by atoms with van der Waals surface area (Å²) in [5.41, 5.74) is 4.09. The number of rotatable bonds is 5. The van der Waals surface area contributed by atoms with Gasteiger partial charge in [-0.1, -0.05) is 18.2 Å². The Morgan fingerprint density at radius 2 is 1.65 bits per heavy atom. The molecular formula is C25H25FN4O2S2. The Morgan fingerprint density at radius 1 is 0.971 bits per heavy atom. The number of hydrogen-bond acceptors (Lipinski definition) is 5. The molecule has 0 saturated carbocycles. The van der Waals surface area contributed by atoms with E-state index in [4.69, 9.17) is 4.98 Å². The molecule has 4 aromatic rings. The summed E-state index contributed by atoms with van der Waals surface area (Å²) < 4.78 is 43.8. The molecule has 0 amide bonds. The molecule has 3 heterocycles. The molecule has 34 heavy (non-hydrogen) atoms. The van der Waals surface area contributed by atoms with Gasteiger partial charge in [0, 0.05) is 55.6 Å². The molecule has 9 heteroatoms. The second-order valence-corrected chi connectivity index (χ2v) is 11.1. The number of benzene rings is 2. The van der Waals surface area contributed by atoms with Crippen molar-refractivity contribution in [1.29, 1.82) is 0 Å². The Balaban J connectivity index is 1.39. The van der Waals surface area contributed by atoms with E-state index in [1.807, 2.05) is 54.3 Å². The quantitative estimate of drug-likeness (QED) is 0.399. The second kappa shape index (κ2) is 8.98. The van der Waals surface area contributed by atoms with Crippen LogP contribution in [0, 0.1) is 12.7 Å². The molecule has 2 aromatic heterocycles. The Morgan fingerprint density at radius 3 is 2.32 bits per heavy atom. The van der Waals surface area contributed by atoms with Crippen LogP contribution < -0.4 is 4.90 Å². The summed E-state index contributed by atoms with van der Waals surface area (Å²) in [6.07, 6.45) is 0. The maximum Gasteiger partial charge on any atom is 0.244 e. The molecule has 0 aliphatic carbocycles. The van der Waals surface area contributed by atoms with Crippen molar-refractivity contribution in [2.45, 2.75) is 11.8 Å². The van der Waals surface area contributed by atoms with Crippen molar-refractivity contribution >= 4 is 27.0 Å². The summed E-state index contributed by atoms with van der Waals surface area (Å²) in [6, 6.07) is 18.0. The molecule has 1 aliphatic rings. The molecule has 1 fully saturated rings. The second-order valence-electron chi connectivity index (χ2n) is 8.31. The largest absolute Gasteiger partial charge is 0.369 e. The fraction of sp³-hybridized carbons (Fsp3) is 0.240. The predicted molar refractivity (Wildman–Crippen MR) is 134 cm³/mol. The van der Waals surface area contributed by atoms with Gasteiger partial charge in [0.05, 0.1) is 11.4 Å². The normalized spacial score (nSPS) is 15.1. The minimum Gasteiger partial charge on any atom is -0.369 e. The molecule has 0 spiro atoms. The van der Waals surface area contributed by atoms with Crippen LogP contribution in [-0.4, -0.2) is 48.5 Å². The number of thiazole rings is 1. The third-order valence-corrected chi connectivity index (χ3v) is 9.21. The zero-order chi connectivity index (χ0) is 23.9. The molecule has 0 unspecified atom stereocenters. The molecule has 176 valence electrons. The molecule has 2 aromatic carbocycles. The first-order valence-electron chi connectivity index (χ1n) is 11.0. The van der Waals surface area contributed by atoms with Crippen LogP contribution >= 0.6 is 11.3 Å². The highest BCUT2D eigenvalue weighted by Crippen LogP contribution is 2.34. The molecule has 1 aliphatic heterocycles. The third-order valence-electron chi connectivity index (χ3n) is 6.33. The average Bonchev–Trinajstić information content (AvgIpc) is 3.46. The monoisotopic (exact) mass is 496 g/mol. The minimum atomic E-state index is -3.64. The molecule has 0 radical (unpaired) electrons. The van der Waals surface area contributed by atoms with Crippen molar-refractivity contribution in [3.05, 3.63) is 77.6 Å². The standard InChI is InChI=1S/C25H25FN4O2S2/c1-18-24(34(31,32)30-14-12-29(13-15-30)21-6-4-3-5-7-21)16-23(28(18)2)25-27-22(17-33-25)19-8-10-20(26)11-9-19/h3-11,16-17H,12-15H2,1-2H3. The van der Waals surface area contributed by atoms with E-state index < -0.39 is 10.0 Å². The molecule has 6 nitrogen and oxygen atoms in total. The van der Waals surface area contributed by atoms with E-state index in [1.165, 1.54) is 23.5 Å². The van der Waals surface area contributed by atoms with Gasteiger partial charge in [-0.15, -0.1) is 11.3 Å². The van der Waals surface area contributed by atoms with Gasteiger partial charge >= 0.3 is 0 Å². The lowest BCUT2D eigenvalue weighted by Crippen LogP contribution is -2.48. The van der Waals surface area contributed by atoms with Crippen LogP contribution in [0.25, 0.3) is 22.0 Å². The Hall–Kier alpha value is -3.01. The van der Waals surface area contributed by atoms with Crippen molar-refractivity contribution in [3.8, 4) is 22.0 Å². The van der Waals surface area contributed by atoms with Gasteiger partial charge < -0.3 is 9.47 Å². The highest BCUT2D eigenvalue weighted by molar-refractivity contribution is 7.89. The lowest BCUT2D eigenvalue weighted by atomic mass is 10.2. The average molecular weight is 497 g/mol. The zero-order valence-electron chi connectivity index (χ0n) is 19.0. The van der Waals surface area contributed by atoms with E-state index in [9.17, 15) is 12.8 Å². The molecule has 5 rings (SSSR count). The van der Waals surface area contributed by atoms with Crippen molar-refractivity contribution in [2.24, 2.45) is 7.05 Å². The molecule has 1 saturated heterocycles. The van der Waals surface area contributed by atoms with E-state index in [-0.39, 0.29) is 5.82 Å². The summed E-state index contributed by atoms with van der Waals surface area (Å²) in [7, 11) is -1.78. The summed E-state index contributed by atoms with van der Waals surface area (Å²) in [6.45, 7) is 4.00. The Bertz CT molecular complexity index is 1410. The molecule has 0 atom stereocenters. The van der Waals surface area contributed by atoms with Crippen LogP contribution in [0.15, 0.2) is 70.9 Å². The van der Waals surface area contributed by atoms with Gasteiger partial charge in [-0.2, -0.15) is 4.31 Å². The summed E-state index contributed by atoms with van der Waals surface area (Å²) in [4.78, 5) is 7.22. The van der Waals surface area contributed by atoms with Gasteiger partial charge in [0.2, 0.25) is 10.0 Å². The van der Waals surface area contributed by atoms with E-state index in [2.05, 4.69) is 4.90 Å². The SMILES string of the molecule is Cc1c(S(=O)(=O)N2CCN(c3ccccc3)CC2)cc(-c2nc(-c3ccc(F)cc3)cs2)n1C. The molecule has 0 N–H and O–H groups in total. The van der Waals surface area contributed by atoms with Gasteiger partial charge in [0.15, 0.2) is 0 Å². The lowest BCUT2D eigenvalue weighted by molar-refractivity contribution is 0.384. The number of aromatic nitrogens is 2. The van der Waals surface area contributed by atoms with Gasteiger partial charge in [0.25, 0.3) is 0 Å². The van der Waals surface area contributed by atoms with Crippen LogP contribution in [-0.2, 0) is 17.1 Å². The first-order valence-corrected chi connectivity index (χ1v) is 13.3. The van der Waals surface area contributed by atoms with Gasteiger partial charge in [-0.05, 0) is 49.4 Å². The highest BCUT2D eigenvalue weighted by atomic mass is 32.2. The Labute approximate surface area is 203 Å². The van der Waals surface area contributed by atoms with Crippen LogP contribution in [0.1, 0.15) is 5.69 Å². The van der Waals surface area contributed by atoms with E-state index >= 15 is 0 Å². The number of para-hydroxylation sites is 1. The topological polar surface area (TPSA) is 58.4 Å². The summed E-state index contributed by atoms with van der Waals surface area (Å²) in [5.74, 6) is -0.295. The molecular weight excluding hydrogens is 471 g/mol. The third kappa shape index (κ3) is 4.15. The van der Waals surface area contributed by atoms with Crippen molar-refractivity contribution < 1.29 is 12.8 Å². The number of nitrogens with zero attached hydrogens (tertiary/aromatic N) is 4. The first-order chi connectivity index (χ1) is 16.3. The number of anilines is 1. The zero-order valence-corrected chi connectivity index (χ0v) is 20.6. The smallest absolute Gasteiger partial charge is 0.244 e. The number of hydrogen-bond donors (Lipinski definition) is 0. The molecule has 0 bridgehead atoms. The maximum absolute atomic E-state index is 13.5. The van der Waals surface area contributed by atoms with Crippen molar-refractivity contribution in [2.75, 3.05) is 31.1 Å². The van der Waals surface area contributed by atoms with Crippen molar-refractivity contribution in [1.82, 2.24) is 13.9 Å². The fourth-order valence-corrected chi connectivity index (χ4v) is 6.82. The Kier molecular flexibility index (Phi) is 6.01. The van der Waals surface area contributed by atoms with Crippen LogP contribution in [0.5, 0.6) is 0 Å². The van der Waals surface area contributed by atoms with E-state index in [0.29, 0.717) is 36.8 Å². The summed E-state index contributed by atoms with van der Waals surface area (Å²) in [5, 5.41) is 2.63. The maximum atomic E-state index is 13.5. The van der Waals surface area contributed by atoms with Gasteiger partial charge in [-0.3, -0.25) is 0 Å². The van der Waals surface area contributed by atoms with Crippen LogP contribution in [0.2, 0.25) is 0 Å². The number of piperazine rings is 1. The van der Waals surface area contributed by atoms with Crippen molar-refractivity contribution in [3.63, 3.8) is 0 Å². The predicted octanol–water partition coefficient (Wildman–Crippen LogP) is 4.77. The minimum absolute atomic E-state index is 0.295. The fourth-order valence-electron chi connectivity index (χ4n) is 4.25. The summed E-state index contributed by atoms with van der Waals surface area (Å²) >= 11 is 1.44. The van der Waals surface area contributed by atoms with Gasteiger partial charge in [0.1, 0.15) is 15.7 Å². The number of sulfonamides is 1. The highest BCUT2D eigenvalue weighted by Gasteiger charge is 2.32. The van der Waals surface area contributed by atoms with Crippen LogP contribution in [0.4, 0.5) is 10.1 Å².